The van der Waals surface area contributed by atoms with Crippen molar-refractivity contribution < 1.29 is 28.2 Å². The van der Waals surface area contributed by atoms with Crippen LogP contribution in [0.5, 0.6) is 11.5 Å². The Balaban J connectivity index is 1.39. The van der Waals surface area contributed by atoms with Crippen LogP contribution in [0.3, 0.4) is 0 Å². The second-order valence-electron chi connectivity index (χ2n) is 16.3. The van der Waals surface area contributed by atoms with Crippen LogP contribution in [0.25, 0.3) is 11.2 Å². The quantitative estimate of drug-likeness (QED) is 0.0795. The average Bonchev–Trinajstić information content (AvgIpc) is 3.78. The molecule has 1 fully saturated rings. The maximum atomic E-state index is 13.3. The Kier molecular flexibility index (Phi) is 12.2. The lowest BCUT2D eigenvalue weighted by molar-refractivity contribution is -0.116. The summed E-state index contributed by atoms with van der Waals surface area (Å²) in [6.07, 6.45) is 1.57. The number of methoxy groups -OCH3 is 2. The predicted octanol–water partition coefficient (Wildman–Crippen LogP) is 8.20. The van der Waals surface area contributed by atoms with Crippen molar-refractivity contribution in [3.05, 3.63) is 112 Å². The minimum absolute atomic E-state index is 0.0596. The number of ether oxygens (including phenoxy) is 4. The van der Waals surface area contributed by atoms with E-state index in [0.717, 1.165) is 28.2 Å². The van der Waals surface area contributed by atoms with Crippen molar-refractivity contribution in [3.63, 3.8) is 0 Å². The molecule has 56 heavy (non-hydrogen) atoms. The number of fused-ring (bicyclic) bond motifs is 1. The number of hydrogen-bond acceptors (Lipinski definition) is 9. The molecule has 1 aliphatic heterocycles. The summed E-state index contributed by atoms with van der Waals surface area (Å²) in [5.41, 5.74) is 1.68. The monoisotopic (exact) mass is 781 g/mol. The van der Waals surface area contributed by atoms with E-state index in [1.165, 1.54) is 0 Å². The molecular formula is C43H55N5O7Si. The van der Waals surface area contributed by atoms with Crippen molar-refractivity contribution in [2.45, 2.75) is 96.1 Å². The third-order valence-corrected chi connectivity index (χ3v) is 15.5. The lowest BCUT2D eigenvalue weighted by Gasteiger charge is -2.39. The van der Waals surface area contributed by atoms with Crippen LogP contribution in [-0.2, 0) is 24.3 Å². The molecule has 0 bridgehead atoms. The predicted molar refractivity (Wildman–Crippen MR) is 220 cm³/mol. The second-order valence-corrected chi connectivity index (χ2v) is 21.1. The van der Waals surface area contributed by atoms with Crippen molar-refractivity contribution in [1.29, 1.82) is 0 Å². The fraction of sp³-hybridized carbons (Fsp3) is 0.442. The topological polar surface area (TPSA) is 139 Å². The van der Waals surface area contributed by atoms with Crippen LogP contribution >= 0.6 is 0 Å². The first-order chi connectivity index (χ1) is 26.6. The van der Waals surface area contributed by atoms with Gasteiger partial charge in [-0.15, -0.1) is 0 Å². The van der Waals surface area contributed by atoms with Gasteiger partial charge in [-0.2, -0.15) is 4.98 Å². The van der Waals surface area contributed by atoms with E-state index >= 15 is 0 Å². The SMILES string of the molecule is COc1ccc(C(OC[C@H]2C[C@@H](O[Si](C)(C)C(C)(C)C)[C@H](n3cnc4c(=O)[nH]c(NC(=O)CCC(C)C)nc43)O2)(c2ccccc2)c2ccc(OC)cc2)cc1. The molecule has 298 valence electrons. The first-order valence-electron chi connectivity index (χ1n) is 19.2. The maximum Gasteiger partial charge on any atom is 0.280 e. The van der Waals surface area contributed by atoms with E-state index in [0.29, 0.717) is 30.8 Å². The summed E-state index contributed by atoms with van der Waals surface area (Å²) in [5, 5.41) is 2.68. The zero-order valence-corrected chi connectivity index (χ0v) is 34.9. The summed E-state index contributed by atoms with van der Waals surface area (Å²) in [6.45, 7) is 15.3. The highest BCUT2D eigenvalue weighted by atomic mass is 28.4. The number of amides is 1. The number of rotatable bonds is 15. The van der Waals surface area contributed by atoms with Gasteiger partial charge in [0.2, 0.25) is 11.9 Å². The van der Waals surface area contributed by atoms with Gasteiger partial charge < -0.3 is 23.4 Å². The van der Waals surface area contributed by atoms with Crippen molar-refractivity contribution in [2.75, 3.05) is 26.1 Å². The lowest BCUT2D eigenvalue weighted by Crippen LogP contribution is -2.45. The zero-order valence-electron chi connectivity index (χ0n) is 33.9. The molecule has 5 aromatic rings. The molecule has 1 aliphatic rings. The summed E-state index contributed by atoms with van der Waals surface area (Å²) in [6, 6.07) is 26.0. The minimum atomic E-state index is -2.34. The fourth-order valence-electron chi connectivity index (χ4n) is 6.81. The molecule has 12 nitrogen and oxygen atoms in total. The summed E-state index contributed by atoms with van der Waals surface area (Å²) in [5.74, 6) is 1.66. The number of imidazole rings is 1. The molecule has 0 unspecified atom stereocenters. The summed E-state index contributed by atoms with van der Waals surface area (Å²) in [4.78, 5) is 37.8. The fourth-order valence-corrected chi connectivity index (χ4v) is 8.13. The number of benzene rings is 3. The molecule has 1 amide bonds. The molecule has 0 aliphatic carbocycles. The third kappa shape index (κ3) is 8.60. The molecule has 3 aromatic carbocycles. The molecule has 2 aromatic heterocycles. The summed E-state index contributed by atoms with van der Waals surface area (Å²) in [7, 11) is 0.954. The van der Waals surface area contributed by atoms with Gasteiger partial charge in [0.15, 0.2) is 25.7 Å². The molecular weight excluding hydrogens is 727 g/mol. The van der Waals surface area contributed by atoms with Gasteiger partial charge in [-0.25, -0.2) is 4.98 Å². The first-order valence-corrected chi connectivity index (χ1v) is 22.1. The van der Waals surface area contributed by atoms with Gasteiger partial charge in [-0.05, 0) is 71.4 Å². The highest BCUT2D eigenvalue weighted by molar-refractivity contribution is 6.74. The molecule has 2 N–H and O–H groups in total. The van der Waals surface area contributed by atoms with Gasteiger partial charge in [0.25, 0.3) is 5.56 Å². The maximum absolute atomic E-state index is 13.3. The van der Waals surface area contributed by atoms with Crippen LogP contribution in [0.2, 0.25) is 18.1 Å². The number of aromatic amines is 1. The number of nitrogens with zero attached hydrogens (tertiary/aromatic N) is 3. The number of carbonyl (C=O) groups is 1. The van der Waals surface area contributed by atoms with Crippen molar-refractivity contribution >= 4 is 31.3 Å². The van der Waals surface area contributed by atoms with Crippen molar-refractivity contribution in [1.82, 2.24) is 19.5 Å². The van der Waals surface area contributed by atoms with E-state index in [2.05, 4.69) is 80.1 Å². The van der Waals surface area contributed by atoms with Gasteiger partial charge in [0.05, 0.1) is 39.4 Å². The van der Waals surface area contributed by atoms with Gasteiger partial charge >= 0.3 is 0 Å². The van der Waals surface area contributed by atoms with E-state index < -0.39 is 37.9 Å². The molecule has 1 saturated heterocycles. The van der Waals surface area contributed by atoms with Crippen LogP contribution in [0.4, 0.5) is 5.95 Å². The normalized spacial score (nSPS) is 17.7. The second kappa shape index (κ2) is 16.7. The van der Waals surface area contributed by atoms with Crippen LogP contribution in [0.1, 0.15) is 76.8 Å². The molecule has 13 heteroatoms. The minimum Gasteiger partial charge on any atom is -0.497 e. The zero-order chi connectivity index (χ0) is 40.3. The number of hydrogen-bond donors (Lipinski definition) is 2. The van der Waals surface area contributed by atoms with Gasteiger partial charge in [0, 0.05) is 12.8 Å². The lowest BCUT2D eigenvalue weighted by atomic mass is 9.80. The summed E-state index contributed by atoms with van der Waals surface area (Å²) >= 11 is 0. The Hall–Kier alpha value is -4.82. The molecule has 0 saturated carbocycles. The van der Waals surface area contributed by atoms with Crippen molar-refractivity contribution in [2.24, 2.45) is 5.92 Å². The van der Waals surface area contributed by atoms with Gasteiger partial charge in [0.1, 0.15) is 17.1 Å². The Bertz CT molecular complexity index is 2100. The van der Waals surface area contributed by atoms with Crippen LogP contribution in [0.15, 0.2) is 90.0 Å². The third-order valence-electron chi connectivity index (χ3n) is 11.0. The van der Waals surface area contributed by atoms with Crippen molar-refractivity contribution in [3.8, 4) is 11.5 Å². The van der Waals surface area contributed by atoms with E-state index in [9.17, 15) is 9.59 Å². The molecule has 3 heterocycles. The van der Waals surface area contributed by atoms with Crippen LogP contribution < -0.4 is 20.3 Å². The Morgan fingerprint density at radius 3 is 2.09 bits per heavy atom. The highest BCUT2D eigenvalue weighted by Crippen LogP contribution is 2.45. The highest BCUT2D eigenvalue weighted by Gasteiger charge is 2.47. The first kappa shape index (κ1) is 40.8. The number of carbonyl (C=O) groups excluding carboxylic acids is 1. The van der Waals surface area contributed by atoms with E-state index in [1.54, 1.807) is 25.1 Å². The Morgan fingerprint density at radius 2 is 1.54 bits per heavy atom. The smallest absolute Gasteiger partial charge is 0.280 e. The Morgan fingerprint density at radius 1 is 0.946 bits per heavy atom. The van der Waals surface area contributed by atoms with Crippen LogP contribution in [-0.4, -0.2) is 66.8 Å². The molecule has 0 radical (unpaired) electrons. The number of H-pyrrole nitrogens is 1. The van der Waals surface area contributed by atoms with Gasteiger partial charge in [-0.1, -0.05) is 89.2 Å². The average molecular weight is 782 g/mol. The molecule has 3 atom stereocenters. The molecule has 6 rings (SSSR count). The largest absolute Gasteiger partial charge is 0.497 e. The Labute approximate surface area is 330 Å². The van der Waals surface area contributed by atoms with E-state index in [4.69, 9.17) is 23.4 Å². The number of anilines is 1. The van der Waals surface area contributed by atoms with Gasteiger partial charge in [-0.3, -0.25) is 24.5 Å². The van der Waals surface area contributed by atoms with Crippen LogP contribution in [0, 0.1) is 5.92 Å². The van der Waals surface area contributed by atoms with E-state index in [1.807, 2.05) is 66.7 Å². The number of nitrogens with one attached hydrogen (secondary N) is 2. The van der Waals surface area contributed by atoms with E-state index in [-0.39, 0.29) is 29.0 Å². The standard InChI is InChI=1S/C43H55N5O7Si/c1-28(2)15-24-36(49)45-41-46-38-37(39(50)47-41)44-27-48(38)40-35(55-56(8,9)42(3,4)5)25-34(54-40)26-53-43(29-13-11-10-12-14-29,30-16-20-32(51-6)21-17-30)31-18-22-33(52-7)23-19-31/h10-14,16-23,27-28,34-35,40H,15,24-26H2,1-9H3,(H2,45,46,47,49,50)/t34-,35-,40-/m1/s1. The number of aromatic nitrogens is 4. The summed E-state index contributed by atoms with van der Waals surface area (Å²) < 4.78 is 34.1. The molecule has 0 spiro atoms.